The highest BCUT2D eigenvalue weighted by atomic mass is 79.9. The molecule has 0 fully saturated rings. The molecule has 5 nitrogen and oxygen atoms in total. The lowest BCUT2D eigenvalue weighted by molar-refractivity contribution is 0.0551. The molecule has 100 valence electrons. The van der Waals surface area contributed by atoms with E-state index in [0.717, 1.165) is 12.8 Å². The minimum Gasteiger partial charge on any atom is -0.486 e. The van der Waals surface area contributed by atoms with Gasteiger partial charge < -0.3 is 13.9 Å². The minimum atomic E-state index is -0.721. The number of rotatable bonds is 6. The smallest absolute Gasteiger partial charge is 0.378 e. The third kappa shape index (κ3) is 3.60. The quantitative estimate of drug-likeness (QED) is 0.458. The largest absolute Gasteiger partial charge is 0.486 e. The summed E-state index contributed by atoms with van der Waals surface area (Å²) in [5, 5.41) is 0.335. The summed E-state index contributed by atoms with van der Waals surface area (Å²) in [6, 6.07) is 1.29. The zero-order valence-electron chi connectivity index (χ0n) is 10.3. The molecular formula is C12H15BrO5. The second kappa shape index (κ2) is 7.20. The maximum atomic E-state index is 11.8. The Morgan fingerprint density at radius 3 is 2.78 bits per heavy atom. The van der Waals surface area contributed by atoms with E-state index in [2.05, 4.69) is 20.7 Å². The standard InChI is InChI=1S/C12H15BrO5/c1-3-4-5-17-10-9(14)6-8(7-13)18-11(10)12(15)16-2/h6H,3-5,7H2,1-2H3. The number of esters is 1. The first kappa shape index (κ1) is 14.8. The van der Waals surface area contributed by atoms with E-state index in [1.165, 1.54) is 13.2 Å². The molecule has 0 aliphatic carbocycles. The predicted octanol–water partition coefficient (Wildman–Crippen LogP) is 2.50. The maximum Gasteiger partial charge on any atom is 0.378 e. The molecule has 0 aliphatic heterocycles. The molecular weight excluding hydrogens is 304 g/mol. The Morgan fingerprint density at radius 1 is 1.50 bits per heavy atom. The summed E-state index contributed by atoms with van der Waals surface area (Å²) < 4.78 is 15.2. The molecule has 1 aromatic rings. The van der Waals surface area contributed by atoms with Crippen molar-refractivity contribution < 1.29 is 18.7 Å². The molecule has 18 heavy (non-hydrogen) atoms. The van der Waals surface area contributed by atoms with E-state index in [9.17, 15) is 9.59 Å². The van der Waals surface area contributed by atoms with E-state index in [0.29, 0.717) is 17.7 Å². The highest BCUT2D eigenvalue weighted by Crippen LogP contribution is 2.18. The summed E-state index contributed by atoms with van der Waals surface area (Å²) in [6.07, 6.45) is 1.72. The fourth-order valence-electron chi connectivity index (χ4n) is 1.28. The first-order chi connectivity index (χ1) is 8.63. The van der Waals surface area contributed by atoms with E-state index in [1.807, 2.05) is 6.92 Å². The average molecular weight is 319 g/mol. The molecule has 0 saturated heterocycles. The summed E-state index contributed by atoms with van der Waals surface area (Å²) >= 11 is 3.16. The van der Waals surface area contributed by atoms with E-state index < -0.39 is 5.97 Å². The van der Waals surface area contributed by atoms with Gasteiger partial charge in [-0.05, 0) is 6.42 Å². The van der Waals surface area contributed by atoms with Gasteiger partial charge in [-0.3, -0.25) is 4.79 Å². The minimum absolute atomic E-state index is 0.0833. The SMILES string of the molecule is CCCCOc1c(C(=O)OC)oc(CBr)cc1=O. The van der Waals surface area contributed by atoms with Gasteiger partial charge in [-0.2, -0.15) is 0 Å². The fourth-order valence-corrected chi connectivity index (χ4v) is 1.56. The van der Waals surface area contributed by atoms with Crippen LogP contribution in [0.4, 0.5) is 0 Å². The van der Waals surface area contributed by atoms with Crippen molar-refractivity contribution in [3.63, 3.8) is 0 Å². The maximum absolute atomic E-state index is 11.8. The molecule has 0 radical (unpaired) electrons. The number of methoxy groups -OCH3 is 1. The molecule has 1 rings (SSSR count). The average Bonchev–Trinajstić information content (AvgIpc) is 2.39. The number of halogens is 1. The highest BCUT2D eigenvalue weighted by molar-refractivity contribution is 9.08. The van der Waals surface area contributed by atoms with Crippen LogP contribution in [0, 0.1) is 0 Å². The van der Waals surface area contributed by atoms with Crippen LogP contribution in [0.1, 0.15) is 36.1 Å². The Hall–Kier alpha value is -1.30. The number of carbonyl (C=O) groups excluding carboxylic acids is 1. The summed E-state index contributed by atoms with van der Waals surface area (Å²) in [6.45, 7) is 2.36. The highest BCUT2D eigenvalue weighted by Gasteiger charge is 2.21. The Morgan fingerprint density at radius 2 is 2.22 bits per heavy atom. The van der Waals surface area contributed by atoms with Crippen molar-refractivity contribution in [1.29, 1.82) is 0 Å². The normalized spacial score (nSPS) is 10.2. The van der Waals surface area contributed by atoms with Crippen molar-refractivity contribution >= 4 is 21.9 Å². The number of carbonyl (C=O) groups is 1. The van der Waals surface area contributed by atoms with Crippen LogP contribution in [-0.4, -0.2) is 19.7 Å². The number of unbranched alkanes of at least 4 members (excludes halogenated alkanes) is 1. The van der Waals surface area contributed by atoms with Crippen molar-refractivity contribution in [2.75, 3.05) is 13.7 Å². The van der Waals surface area contributed by atoms with Crippen molar-refractivity contribution in [1.82, 2.24) is 0 Å². The van der Waals surface area contributed by atoms with Gasteiger partial charge in [-0.15, -0.1) is 0 Å². The first-order valence-electron chi connectivity index (χ1n) is 5.58. The lowest BCUT2D eigenvalue weighted by Gasteiger charge is -2.09. The van der Waals surface area contributed by atoms with Crippen LogP contribution in [0.2, 0.25) is 0 Å². The molecule has 0 unspecified atom stereocenters. The molecule has 0 aromatic carbocycles. The lowest BCUT2D eigenvalue weighted by Crippen LogP contribution is -2.16. The van der Waals surface area contributed by atoms with Gasteiger partial charge in [-0.25, -0.2) is 4.79 Å². The van der Waals surface area contributed by atoms with Gasteiger partial charge in [0.1, 0.15) is 5.76 Å². The van der Waals surface area contributed by atoms with Gasteiger partial charge in [0.15, 0.2) is 0 Å². The second-order valence-electron chi connectivity index (χ2n) is 3.56. The summed E-state index contributed by atoms with van der Waals surface area (Å²) in [5.74, 6) is -0.639. The van der Waals surface area contributed by atoms with Crippen molar-refractivity contribution in [3.8, 4) is 5.75 Å². The molecule has 1 aromatic heterocycles. The number of alkyl halides is 1. The van der Waals surface area contributed by atoms with Crippen LogP contribution in [0.3, 0.4) is 0 Å². The van der Waals surface area contributed by atoms with Crippen molar-refractivity contribution in [2.45, 2.75) is 25.1 Å². The number of hydrogen-bond acceptors (Lipinski definition) is 5. The molecule has 0 bridgehead atoms. The van der Waals surface area contributed by atoms with E-state index in [1.54, 1.807) is 0 Å². The topological polar surface area (TPSA) is 65.7 Å². The van der Waals surface area contributed by atoms with E-state index in [4.69, 9.17) is 9.15 Å². The molecule has 0 atom stereocenters. The van der Waals surface area contributed by atoms with Gasteiger partial charge in [-0.1, -0.05) is 29.3 Å². The molecule has 6 heteroatoms. The van der Waals surface area contributed by atoms with E-state index >= 15 is 0 Å². The number of ether oxygens (including phenoxy) is 2. The number of hydrogen-bond donors (Lipinski definition) is 0. The lowest BCUT2D eigenvalue weighted by atomic mass is 10.3. The van der Waals surface area contributed by atoms with Gasteiger partial charge in [0.2, 0.25) is 11.2 Å². The molecule has 0 amide bonds. The zero-order valence-corrected chi connectivity index (χ0v) is 11.9. The van der Waals surface area contributed by atoms with Crippen LogP contribution in [-0.2, 0) is 10.1 Å². The monoisotopic (exact) mass is 318 g/mol. The van der Waals surface area contributed by atoms with Gasteiger partial charge in [0, 0.05) is 6.07 Å². The Kier molecular flexibility index (Phi) is 5.91. The molecule has 0 aliphatic rings. The van der Waals surface area contributed by atoms with Crippen LogP contribution in [0.15, 0.2) is 15.3 Å². The van der Waals surface area contributed by atoms with E-state index in [-0.39, 0.29) is 16.9 Å². The molecule has 0 spiro atoms. The summed E-state index contributed by atoms with van der Waals surface area (Å²) in [4.78, 5) is 23.4. The van der Waals surface area contributed by atoms with Crippen LogP contribution >= 0.6 is 15.9 Å². The zero-order chi connectivity index (χ0) is 13.5. The Bertz CT molecular complexity index is 466. The van der Waals surface area contributed by atoms with Crippen molar-refractivity contribution in [2.24, 2.45) is 0 Å². The van der Waals surface area contributed by atoms with Crippen LogP contribution < -0.4 is 10.2 Å². The molecule has 0 N–H and O–H groups in total. The van der Waals surface area contributed by atoms with Crippen LogP contribution in [0.5, 0.6) is 5.75 Å². The fraction of sp³-hybridized carbons (Fsp3) is 0.500. The third-order valence-corrected chi connectivity index (χ3v) is 2.75. The summed E-state index contributed by atoms with van der Waals surface area (Å²) in [5.41, 5.74) is -0.382. The Balaban J connectivity index is 3.12. The predicted molar refractivity (Wildman–Crippen MR) is 69.4 cm³/mol. The first-order valence-corrected chi connectivity index (χ1v) is 6.70. The van der Waals surface area contributed by atoms with Crippen LogP contribution in [0.25, 0.3) is 0 Å². The van der Waals surface area contributed by atoms with Gasteiger partial charge in [0.25, 0.3) is 5.76 Å². The molecule has 1 heterocycles. The third-order valence-electron chi connectivity index (χ3n) is 2.20. The molecule has 0 saturated carbocycles. The van der Waals surface area contributed by atoms with Gasteiger partial charge in [0.05, 0.1) is 19.0 Å². The Labute approximate surface area is 113 Å². The van der Waals surface area contributed by atoms with Gasteiger partial charge >= 0.3 is 5.97 Å². The summed E-state index contributed by atoms with van der Waals surface area (Å²) in [7, 11) is 1.22. The second-order valence-corrected chi connectivity index (χ2v) is 4.12. The van der Waals surface area contributed by atoms with Crippen molar-refractivity contribution in [3.05, 3.63) is 27.8 Å².